The third-order valence-corrected chi connectivity index (χ3v) is 6.71. The normalized spacial score (nSPS) is 22.8. The first kappa shape index (κ1) is 22.2. The van der Waals surface area contributed by atoms with Crippen LogP contribution in [0.15, 0.2) is 72.8 Å². The van der Waals surface area contributed by atoms with Crippen LogP contribution in [0.1, 0.15) is 31.4 Å². The molecule has 1 fully saturated rings. The molecule has 5 nitrogen and oxygen atoms in total. The molecule has 32 heavy (non-hydrogen) atoms. The molecule has 4 rings (SSSR count). The maximum absolute atomic E-state index is 14.0. The van der Waals surface area contributed by atoms with Crippen molar-refractivity contribution in [1.82, 2.24) is 0 Å². The standard InChI is InChI=1S/C25H21Cl2N3O2/c1-3-24(2)25(32,18-6-4-5-17(15-18)16-28)30(22-13-9-20(27)10-14-22)23(31)29(24)21-11-7-19(26)8-12-21/h4-15,32H,3H2,1-2H3/t24-,25?/m1/s1. The van der Waals surface area contributed by atoms with Crippen molar-refractivity contribution in [1.29, 1.82) is 5.26 Å². The van der Waals surface area contributed by atoms with Crippen molar-refractivity contribution in [2.45, 2.75) is 31.5 Å². The van der Waals surface area contributed by atoms with Crippen LogP contribution in [0.3, 0.4) is 0 Å². The summed E-state index contributed by atoms with van der Waals surface area (Å²) in [5, 5.41) is 22.9. The lowest BCUT2D eigenvalue weighted by molar-refractivity contribution is -0.0117. The van der Waals surface area contributed by atoms with Gasteiger partial charge < -0.3 is 5.11 Å². The molecule has 2 atom stereocenters. The lowest BCUT2D eigenvalue weighted by atomic mass is 9.79. The summed E-state index contributed by atoms with van der Waals surface area (Å²) < 4.78 is 0. The highest BCUT2D eigenvalue weighted by Crippen LogP contribution is 2.52. The third-order valence-electron chi connectivity index (χ3n) is 6.20. The summed E-state index contributed by atoms with van der Waals surface area (Å²) in [7, 11) is 0. The lowest BCUT2D eigenvalue weighted by Gasteiger charge is -2.44. The second kappa shape index (κ2) is 8.14. The zero-order valence-corrected chi connectivity index (χ0v) is 19.1. The maximum atomic E-state index is 14.0. The predicted octanol–water partition coefficient (Wildman–Crippen LogP) is 6.33. The molecule has 162 valence electrons. The molecule has 0 aliphatic carbocycles. The van der Waals surface area contributed by atoms with Crippen molar-refractivity contribution in [2.75, 3.05) is 9.80 Å². The Balaban J connectivity index is 2.01. The molecule has 2 amide bonds. The molecule has 0 aromatic heterocycles. The van der Waals surface area contributed by atoms with Crippen molar-refractivity contribution < 1.29 is 9.90 Å². The monoisotopic (exact) mass is 465 g/mol. The first-order valence-corrected chi connectivity index (χ1v) is 10.9. The van der Waals surface area contributed by atoms with E-state index in [1.54, 1.807) is 77.7 Å². The Morgan fingerprint density at radius 1 is 0.938 bits per heavy atom. The SMILES string of the molecule is CC[C@@]1(C)N(c2ccc(Cl)cc2)C(=O)N(c2ccc(Cl)cc2)C1(O)c1cccc(C#N)c1. The first-order valence-electron chi connectivity index (χ1n) is 10.1. The van der Waals surface area contributed by atoms with Crippen LogP contribution < -0.4 is 9.80 Å². The number of aliphatic hydroxyl groups is 1. The molecule has 1 heterocycles. The van der Waals surface area contributed by atoms with Crippen molar-refractivity contribution in [3.8, 4) is 6.07 Å². The molecule has 1 unspecified atom stereocenters. The summed E-state index contributed by atoms with van der Waals surface area (Å²) in [6.07, 6.45) is 0.429. The van der Waals surface area contributed by atoms with Gasteiger partial charge in [0.15, 0.2) is 5.72 Å². The Morgan fingerprint density at radius 3 is 1.97 bits per heavy atom. The van der Waals surface area contributed by atoms with Crippen LogP contribution in [0.2, 0.25) is 10.0 Å². The van der Waals surface area contributed by atoms with Gasteiger partial charge in [-0.2, -0.15) is 5.26 Å². The van der Waals surface area contributed by atoms with Crippen molar-refractivity contribution in [2.24, 2.45) is 0 Å². The Labute approximate surface area is 197 Å². The smallest absolute Gasteiger partial charge is 0.332 e. The quantitative estimate of drug-likeness (QED) is 0.489. The summed E-state index contributed by atoms with van der Waals surface area (Å²) >= 11 is 12.2. The van der Waals surface area contributed by atoms with E-state index in [4.69, 9.17) is 23.2 Å². The Kier molecular flexibility index (Phi) is 5.64. The molecule has 3 aromatic rings. The summed E-state index contributed by atoms with van der Waals surface area (Å²) in [5.41, 5.74) is -0.927. The van der Waals surface area contributed by atoms with Crippen LogP contribution in [0.4, 0.5) is 16.2 Å². The second-order valence-corrected chi connectivity index (χ2v) is 8.77. The number of hydrogen-bond acceptors (Lipinski definition) is 3. The van der Waals surface area contributed by atoms with E-state index in [0.717, 1.165) is 0 Å². The zero-order valence-electron chi connectivity index (χ0n) is 17.6. The molecule has 3 aromatic carbocycles. The van der Waals surface area contributed by atoms with Gasteiger partial charge in [0.25, 0.3) is 0 Å². The minimum atomic E-state index is -1.78. The van der Waals surface area contributed by atoms with Crippen molar-refractivity contribution in [3.63, 3.8) is 0 Å². The maximum Gasteiger partial charge on any atom is 0.332 e. The lowest BCUT2D eigenvalue weighted by Crippen LogP contribution is -2.57. The van der Waals surface area contributed by atoms with Gasteiger partial charge in [-0.1, -0.05) is 42.3 Å². The summed E-state index contributed by atoms with van der Waals surface area (Å²) in [6, 6.07) is 22.1. The van der Waals surface area contributed by atoms with E-state index >= 15 is 0 Å². The van der Waals surface area contributed by atoms with Gasteiger partial charge in [0, 0.05) is 27.0 Å². The molecular formula is C25H21Cl2N3O2. The average molecular weight is 466 g/mol. The van der Waals surface area contributed by atoms with Crippen molar-refractivity contribution >= 4 is 40.6 Å². The number of carbonyl (C=O) groups is 1. The van der Waals surface area contributed by atoms with Crippen LogP contribution in [-0.2, 0) is 5.72 Å². The summed E-state index contributed by atoms with van der Waals surface area (Å²) in [5.74, 6) is 0. The number of amides is 2. The van der Waals surface area contributed by atoms with E-state index in [-0.39, 0.29) is 0 Å². The van der Waals surface area contributed by atoms with Crippen LogP contribution in [0.25, 0.3) is 0 Å². The largest absolute Gasteiger partial charge is 0.364 e. The second-order valence-electron chi connectivity index (χ2n) is 7.90. The fraction of sp³-hybridized carbons (Fsp3) is 0.200. The molecular weight excluding hydrogens is 445 g/mol. The molecule has 7 heteroatoms. The fourth-order valence-corrected chi connectivity index (χ4v) is 4.62. The molecule has 0 bridgehead atoms. The Hall–Kier alpha value is -3.04. The van der Waals surface area contributed by atoms with Gasteiger partial charge in [-0.25, -0.2) is 4.79 Å². The molecule has 1 aliphatic rings. The highest BCUT2D eigenvalue weighted by atomic mass is 35.5. The van der Waals surface area contributed by atoms with E-state index in [2.05, 4.69) is 6.07 Å². The Bertz CT molecular complexity index is 1210. The number of carbonyl (C=O) groups excluding carboxylic acids is 1. The van der Waals surface area contributed by atoms with Gasteiger partial charge in [-0.05, 0) is 74.0 Å². The Morgan fingerprint density at radius 2 is 1.47 bits per heavy atom. The van der Waals surface area contributed by atoms with Gasteiger partial charge in [-0.15, -0.1) is 0 Å². The topological polar surface area (TPSA) is 67.6 Å². The highest BCUT2D eigenvalue weighted by molar-refractivity contribution is 6.31. The highest BCUT2D eigenvalue weighted by Gasteiger charge is 2.65. The minimum Gasteiger partial charge on any atom is -0.364 e. The molecule has 0 spiro atoms. The average Bonchev–Trinajstić information content (AvgIpc) is 2.99. The first-order chi connectivity index (χ1) is 15.3. The van der Waals surface area contributed by atoms with Crippen LogP contribution in [0, 0.1) is 11.3 Å². The number of rotatable bonds is 4. The number of hydrogen-bond donors (Lipinski definition) is 1. The number of halogens is 2. The van der Waals surface area contributed by atoms with E-state index in [1.807, 2.05) is 13.8 Å². The van der Waals surface area contributed by atoms with E-state index in [0.29, 0.717) is 39.0 Å². The molecule has 1 N–H and O–H groups in total. The van der Waals surface area contributed by atoms with Crippen LogP contribution in [-0.4, -0.2) is 16.7 Å². The number of nitriles is 1. The molecule has 0 radical (unpaired) electrons. The van der Waals surface area contributed by atoms with Crippen LogP contribution in [0.5, 0.6) is 0 Å². The zero-order chi connectivity index (χ0) is 23.1. The molecule has 0 saturated carbocycles. The molecule has 1 aliphatic heterocycles. The van der Waals surface area contributed by atoms with E-state index in [9.17, 15) is 15.2 Å². The van der Waals surface area contributed by atoms with Gasteiger partial charge in [0.1, 0.15) is 0 Å². The van der Waals surface area contributed by atoms with Gasteiger partial charge >= 0.3 is 6.03 Å². The fourth-order valence-electron chi connectivity index (χ4n) is 4.37. The number of anilines is 2. The van der Waals surface area contributed by atoms with Crippen molar-refractivity contribution in [3.05, 3.63) is 94.0 Å². The van der Waals surface area contributed by atoms with Gasteiger partial charge in [-0.3, -0.25) is 9.80 Å². The van der Waals surface area contributed by atoms with Gasteiger partial charge in [0.05, 0.1) is 17.2 Å². The number of benzene rings is 3. The molecule has 1 saturated heterocycles. The van der Waals surface area contributed by atoms with E-state index < -0.39 is 17.3 Å². The number of urea groups is 1. The van der Waals surface area contributed by atoms with Crippen LogP contribution >= 0.6 is 23.2 Å². The summed E-state index contributed by atoms with van der Waals surface area (Å²) in [6.45, 7) is 3.76. The minimum absolute atomic E-state index is 0.392. The summed E-state index contributed by atoms with van der Waals surface area (Å²) in [4.78, 5) is 16.9. The van der Waals surface area contributed by atoms with E-state index in [1.165, 1.54) is 4.90 Å². The van der Waals surface area contributed by atoms with Gasteiger partial charge in [0.2, 0.25) is 0 Å². The predicted molar refractivity (Wildman–Crippen MR) is 127 cm³/mol. The number of nitrogens with zero attached hydrogens (tertiary/aromatic N) is 3. The third kappa shape index (κ3) is 3.23.